The van der Waals surface area contributed by atoms with Crippen molar-refractivity contribution in [2.24, 2.45) is 0 Å². The maximum absolute atomic E-state index is 12.7. The zero-order valence-corrected chi connectivity index (χ0v) is 16.7. The SMILES string of the molecule is O=C(CCN1CCN(c2ccc3c(c2)OCC3)CC1)c1csc2ccccc12. The molecule has 5 rings (SSSR count). The number of ketones is 1. The van der Waals surface area contributed by atoms with Crippen molar-refractivity contribution in [2.45, 2.75) is 12.8 Å². The Labute approximate surface area is 169 Å². The fourth-order valence-electron chi connectivity index (χ4n) is 4.17. The van der Waals surface area contributed by atoms with Gasteiger partial charge in [-0.3, -0.25) is 9.69 Å². The van der Waals surface area contributed by atoms with E-state index in [2.05, 4.69) is 40.1 Å². The molecule has 1 fully saturated rings. The molecule has 0 unspecified atom stereocenters. The van der Waals surface area contributed by atoms with Crippen molar-refractivity contribution in [2.75, 3.05) is 44.2 Å². The summed E-state index contributed by atoms with van der Waals surface area (Å²) in [4.78, 5) is 17.5. The second-order valence-electron chi connectivity index (χ2n) is 7.54. The third-order valence-electron chi connectivity index (χ3n) is 5.85. The minimum atomic E-state index is 0.260. The topological polar surface area (TPSA) is 32.8 Å². The van der Waals surface area contributed by atoms with E-state index < -0.39 is 0 Å². The Bertz CT molecular complexity index is 1000. The molecule has 0 spiro atoms. The second kappa shape index (κ2) is 7.57. The smallest absolute Gasteiger partial charge is 0.165 e. The molecular formula is C23H24N2O2S. The summed E-state index contributed by atoms with van der Waals surface area (Å²) in [7, 11) is 0. The van der Waals surface area contributed by atoms with Gasteiger partial charge in [0.15, 0.2) is 5.78 Å². The summed E-state index contributed by atoms with van der Waals surface area (Å²) >= 11 is 1.66. The van der Waals surface area contributed by atoms with Crippen LogP contribution in [0.4, 0.5) is 5.69 Å². The molecule has 144 valence electrons. The van der Waals surface area contributed by atoms with Crippen molar-refractivity contribution in [1.29, 1.82) is 0 Å². The highest BCUT2D eigenvalue weighted by Crippen LogP contribution is 2.30. The van der Waals surface area contributed by atoms with Gasteiger partial charge >= 0.3 is 0 Å². The first kappa shape index (κ1) is 17.7. The van der Waals surface area contributed by atoms with E-state index in [0.717, 1.165) is 62.5 Å². The number of carbonyl (C=O) groups is 1. The first-order valence-electron chi connectivity index (χ1n) is 10.0. The van der Waals surface area contributed by atoms with Crippen molar-refractivity contribution >= 4 is 32.9 Å². The van der Waals surface area contributed by atoms with Crippen LogP contribution in [-0.2, 0) is 6.42 Å². The Kier molecular flexibility index (Phi) is 4.79. The Balaban J connectivity index is 1.16. The van der Waals surface area contributed by atoms with Gasteiger partial charge in [0.2, 0.25) is 0 Å². The highest BCUT2D eigenvalue weighted by Gasteiger charge is 2.21. The van der Waals surface area contributed by atoms with Gasteiger partial charge < -0.3 is 9.64 Å². The molecule has 0 saturated carbocycles. The second-order valence-corrected chi connectivity index (χ2v) is 8.45. The molecule has 0 aliphatic carbocycles. The zero-order chi connectivity index (χ0) is 18.9. The largest absolute Gasteiger partial charge is 0.493 e. The summed E-state index contributed by atoms with van der Waals surface area (Å²) in [6, 6.07) is 14.8. The van der Waals surface area contributed by atoms with Crippen molar-refractivity contribution < 1.29 is 9.53 Å². The zero-order valence-electron chi connectivity index (χ0n) is 15.9. The van der Waals surface area contributed by atoms with E-state index in [4.69, 9.17) is 4.74 Å². The molecule has 1 aromatic heterocycles. The summed E-state index contributed by atoms with van der Waals surface area (Å²) in [5.41, 5.74) is 3.46. The molecule has 2 aliphatic heterocycles. The van der Waals surface area contributed by atoms with Gasteiger partial charge in [-0.2, -0.15) is 0 Å². The molecular weight excluding hydrogens is 368 g/mol. The third kappa shape index (κ3) is 3.40. The number of anilines is 1. The summed E-state index contributed by atoms with van der Waals surface area (Å²) in [5.74, 6) is 1.31. The standard InChI is InChI=1S/C23H24N2O2S/c26-21(20-16-28-23-4-2-1-3-19(20)23)7-9-24-10-12-25(13-11-24)18-6-5-17-8-14-27-22(17)15-18/h1-6,15-16H,7-14H2. The third-order valence-corrected chi connectivity index (χ3v) is 6.82. The number of piperazine rings is 1. The lowest BCUT2D eigenvalue weighted by atomic mass is 10.1. The first-order chi connectivity index (χ1) is 13.8. The van der Waals surface area contributed by atoms with Gasteiger partial charge in [0.05, 0.1) is 6.61 Å². The number of thiophene rings is 1. The van der Waals surface area contributed by atoms with Gasteiger partial charge in [-0.05, 0) is 17.7 Å². The van der Waals surface area contributed by atoms with Crippen LogP contribution in [0.2, 0.25) is 0 Å². The van der Waals surface area contributed by atoms with Crippen molar-refractivity contribution in [1.82, 2.24) is 4.90 Å². The molecule has 2 aliphatic rings. The highest BCUT2D eigenvalue weighted by molar-refractivity contribution is 7.17. The minimum Gasteiger partial charge on any atom is -0.493 e. The van der Waals surface area contributed by atoms with Gasteiger partial charge in [-0.15, -0.1) is 11.3 Å². The van der Waals surface area contributed by atoms with Crippen molar-refractivity contribution in [3.05, 3.63) is 59.0 Å². The minimum absolute atomic E-state index is 0.260. The van der Waals surface area contributed by atoms with Crippen molar-refractivity contribution in [3.63, 3.8) is 0 Å². The molecule has 3 aromatic rings. The number of nitrogens with zero attached hydrogens (tertiary/aromatic N) is 2. The van der Waals surface area contributed by atoms with Gasteiger partial charge in [-0.25, -0.2) is 0 Å². The molecule has 5 heteroatoms. The van der Waals surface area contributed by atoms with E-state index in [1.807, 2.05) is 17.5 Å². The predicted octanol–water partition coefficient (Wildman–Crippen LogP) is 4.23. The van der Waals surface area contributed by atoms with Crippen LogP contribution in [0, 0.1) is 0 Å². The summed E-state index contributed by atoms with van der Waals surface area (Å²) in [6.45, 7) is 5.62. The van der Waals surface area contributed by atoms with Crippen LogP contribution in [0.25, 0.3) is 10.1 Å². The number of rotatable bonds is 5. The summed E-state index contributed by atoms with van der Waals surface area (Å²) in [6.07, 6.45) is 1.62. The van der Waals surface area contributed by atoms with E-state index in [0.29, 0.717) is 6.42 Å². The molecule has 2 aromatic carbocycles. The van der Waals surface area contributed by atoms with E-state index in [-0.39, 0.29) is 5.78 Å². The van der Waals surface area contributed by atoms with Crippen LogP contribution < -0.4 is 9.64 Å². The van der Waals surface area contributed by atoms with Crippen molar-refractivity contribution in [3.8, 4) is 5.75 Å². The summed E-state index contributed by atoms with van der Waals surface area (Å²) < 4.78 is 6.90. The molecule has 0 amide bonds. The molecule has 3 heterocycles. The molecule has 4 nitrogen and oxygen atoms in total. The molecule has 28 heavy (non-hydrogen) atoms. The lowest BCUT2D eigenvalue weighted by Crippen LogP contribution is -2.46. The Morgan fingerprint density at radius 3 is 2.82 bits per heavy atom. The number of Topliss-reactive ketones (excluding diaryl/α,β-unsaturated/α-hetero) is 1. The number of benzene rings is 2. The fraction of sp³-hybridized carbons (Fsp3) is 0.348. The Morgan fingerprint density at radius 1 is 1.07 bits per heavy atom. The normalized spacial score (nSPS) is 16.9. The van der Waals surface area contributed by atoms with Crippen LogP contribution in [-0.4, -0.2) is 50.0 Å². The lowest BCUT2D eigenvalue weighted by molar-refractivity contribution is 0.0964. The predicted molar refractivity (Wildman–Crippen MR) is 115 cm³/mol. The number of ether oxygens (including phenoxy) is 1. The van der Waals surface area contributed by atoms with Crippen LogP contribution >= 0.6 is 11.3 Å². The first-order valence-corrected chi connectivity index (χ1v) is 10.9. The maximum Gasteiger partial charge on any atom is 0.165 e. The Hall–Kier alpha value is -2.37. The maximum atomic E-state index is 12.7. The van der Waals surface area contributed by atoms with E-state index in [1.165, 1.54) is 16.0 Å². The quantitative estimate of drug-likeness (QED) is 0.609. The van der Waals surface area contributed by atoms with Crippen LogP contribution in [0.3, 0.4) is 0 Å². The number of fused-ring (bicyclic) bond motifs is 2. The number of hydrogen-bond acceptors (Lipinski definition) is 5. The van der Waals surface area contributed by atoms with Crippen LogP contribution in [0.5, 0.6) is 5.75 Å². The van der Waals surface area contributed by atoms with Gasteiger partial charge in [0.25, 0.3) is 0 Å². The van der Waals surface area contributed by atoms with Crippen LogP contribution in [0.15, 0.2) is 47.8 Å². The van der Waals surface area contributed by atoms with Gasteiger partial charge in [0.1, 0.15) is 5.75 Å². The average molecular weight is 393 g/mol. The van der Waals surface area contributed by atoms with E-state index in [1.54, 1.807) is 11.3 Å². The number of hydrogen-bond donors (Lipinski definition) is 0. The van der Waals surface area contributed by atoms with Gasteiger partial charge in [-0.1, -0.05) is 24.3 Å². The molecule has 0 N–H and O–H groups in total. The summed E-state index contributed by atoms with van der Waals surface area (Å²) in [5, 5.41) is 3.11. The van der Waals surface area contributed by atoms with E-state index in [9.17, 15) is 4.79 Å². The molecule has 0 bridgehead atoms. The molecule has 1 saturated heterocycles. The fourth-order valence-corrected chi connectivity index (χ4v) is 5.13. The Morgan fingerprint density at radius 2 is 1.93 bits per heavy atom. The monoisotopic (exact) mass is 392 g/mol. The van der Waals surface area contributed by atoms with Crippen LogP contribution in [0.1, 0.15) is 22.3 Å². The number of carbonyl (C=O) groups excluding carboxylic acids is 1. The molecule has 0 atom stereocenters. The highest BCUT2D eigenvalue weighted by atomic mass is 32.1. The van der Waals surface area contributed by atoms with Gasteiger partial charge in [0, 0.05) is 78.3 Å². The average Bonchev–Trinajstić information content (AvgIpc) is 3.38. The molecule has 0 radical (unpaired) electrons. The lowest BCUT2D eigenvalue weighted by Gasteiger charge is -2.36. The van der Waals surface area contributed by atoms with E-state index >= 15 is 0 Å².